The molecule has 3 nitrogen and oxygen atoms in total. The van der Waals surface area contributed by atoms with E-state index in [2.05, 4.69) is 125 Å². The van der Waals surface area contributed by atoms with Gasteiger partial charge in [-0.25, -0.2) is 4.39 Å². The maximum Gasteiger partial charge on any atom is 3.00 e. The Morgan fingerprint density at radius 3 is 1.47 bits per heavy atom. The fourth-order valence-corrected chi connectivity index (χ4v) is 8.46. The molecule has 10 aromatic rings. The van der Waals surface area contributed by atoms with E-state index in [9.17, 15) is 13.2 Å². The van der Waals surface area contributed by atoms with Crippen molar-refractivity contribution < 1.29 is 33.3 Å². The summed E-state index contributed by atoms with van der Waals surface area (Å²) in [6.45, 7) is 0. The van der Waals surface area contributed by atoms with Gasteiger partial charge in [0.05, 0.1) is 0 Å². The second-order valence-corrected chi connectivity index (χ2v) is 16.5. The number of pyridine rings is 3. The van der Waals surface area contributed by atoms with Crippen LogP contribution in [0, 0.1) is 35.7 Å². The third-order valence-electron chi connectivity index (χ3n) is 12.0. The molecule has 0 spiro atoms. The average Bonchev–Trinajstić information content (AvgIpc) is 3.38. The Bertz CT molecular complexity index is 3290. The predicted octanol–water partition coefficient (Wildman–Crippen LogP) is 14.9. The average molecular weight is 1070 g/mol. The SMILES string of the molecule is Fc1c[c-]c(-c2ccc(CCc3cc(CCc4ccc(-c5[c-]ccc(F)c5)nc4)cc(-c4ccccc4-c4cnc(-c5[c-]cc(F)cc5)cc4-c4ccc(-c5ccccc5)cc4)c3)cn2)cc1.[Ir+3]. The van der Waals surface area contributed by atoms with E-state index >= 15 is 0 Å². The predicted molar refractivity (Wildman–Crippen MR) is 262 cm³/mol. The fraction of sp³-hybridized carbons (Fsp3) is 0.0656. The van der Waals surface area contributed by atoms with Crippen LogP contribution in [0.15, 0.2) is 201 Å². The van der Waals surface area contributed by atoms with E-state index < -0.39 is 0 Å². The molecule has 0 bridgehead atoms. The van der Waals surface area contributed by atoms with Crippen molar-refractivity contribution in [2.75, 3.05) is 0 Å². The molecule has 330 valence electrons. The molecule has 0 amide bonds. The molecule has 7 aromatic carbocycles. The van der Waals surface area contributed by atoms with Gasteiger partial charge < -0.3 is 15.0 Å². The molecule has 0 saturated heterocycles. The molecule has 0 saturated carbocycles. The van der Waals surface area contributed by atoms with Gasteiger partial charge in [0, 0.05) is 41.6 Å². The Kier molecular flexibility index (Phi) is 14.0. The van der Waals surface area contributed by atoms with Crippen molar-refractivity contribution in [3.63, 3.8) is 0 Å². The quantitative estimate of drug-likeness (QED) is 0.108. The zero-order valence-corrected chi connectivity index (χ0v) is 39.1. The molecular formula is C61H41F3IrN3. The van der Waals surface area contributed by atoms with Gasteiger partial charge in [0.25, 0.3) is 0 Å². The minimum absolute atomic E-state index is 0. The maximum absolute atomic E-state index is 14.0. The fourth-order valence-electron chi connectivity index (χ4n) is 8.46. The monoisotopic (exact) mass is 1070 g/mol. The van der Waals surface area contributed by atoms with Crippen LogP contribution in [0.4, 0.5) is 13.2 Å². The molecule has 0 unspecified atom stereocenters. The van der Waals surface area contributed by atoms with Crippen molar-refractivity contribution in [1.29, 1.82) is 0 Å². The van der Waals surface area contributed by atoms with Crippen LogP contribution in [0.25, 0.3) is 78.3 Å². The van der Waals surface area contributed by atoms with Crippen molar-refractivity contribution in [3.8, 4) is 78.3 Å². The summed E-state index contributed by atoms with van der Waals surface area (Å²) in [6, 6.07) is 66.8. The third kappa shape index (κ3) is 10.7. The molecule has 0 aliphatic heterocycles. The van der Waals surface area contributed by atoms with Gasteiger partial charge in [-0.1, -0.05) is 127 Å². The summed E-state index contributed by atoms with van der Waals surface area (Å²) >= 11 is 0. The first-order chi connectivity index (χ1) is 32.9. The van der Waals surface area contributed by atoms with Crippen LogP contribution in [0.5, 0.6) is 0 Å². The van der Waals surface area contributed by atoms with Crippen LogP contribution in [0.1, 0.15) is 22.3 Å². The Hall–Kier alpha value is -7.57. The number of rotatable bonds is 13. The first-order valence-electron chi connectivity index (χ1n) is 22.2. The number of hydrogen-bond acceptors (Lipinski definition) is 3. The van der Waals surface area contributed by atoms with Gasteiger partial charge in [-0.3, -0.25) is 8.78 Å². The molecule has 0 aliphatic rings. The summed E-state index contributed by atoms with van der Waals surface area (Å²) in [5.74, 6) is -1.00. The van der Waals surface area contributed by atoms with Crippen molar-refractivity contribution in [2.24, 2.45) is 0 Å². The van der Waals surface area contributed by atoms with Crippen LogP contribution < -0.4 is 0 Å². The third-order valence-corrected chi connectivity index (χ3v) is 12.0. The Balaban J connectivity index is 0.00000578. The molecular weight excluding hydrogens is 1020 g/mol. The summed E-state index contributed by atoms with van der Waals surface area (Å²) in [5.41, 5.74) is 17.1. The summed E-state index contributed by atoms with van der Waals surface area (Å²) in [5, 5.41) is 0. The largest absolute Gasteiger partial charge is 3.00 e. The van der Waals surface area contributed by atoms with Gasteiger partial charge in [-0.2, -0.15) is 0 Å². The van der Waals surface area contributed by atoms with Crippen LogP contribution in [0.2, 0.25) is 0 Å². The molecule has 3 aromatic heterocycles. The van der Waals surface area contributed by atoms with E-state index in [1.165, 1.54) is 47.5 Å². The normalized spacial score (nSPS) is 11.0. The molecule has 0 fully saturated rings. The van der Waals surface area contributed by atoms with E-state index in [4.69, 9.17) is 4.98 Å². The van der Waals surface area contributed by atoms with Crippen molar-refractivity contribution in [3.05, 3.63) is 258 Å². The van der Waals surface area contributed by atoms with Gasteiger partial charge >= 0.3 is 20.1 Å². The number of aryl methyl sites for hydroxylation is 4. The van der Waals surface area contributed by atoms with Gasteiger partial charge in [0.2, 0.25) is 0 Å². The van der Waals surface area contributed by atoms with Crippen molar-refractivity contribution >= 4 is 0 Å². The Labute approximate surface area is 408 Å². The van der Waals surface area contributed by atoms with Crippen molar-refractivity contribution in [2.45, 2.75) is 25.7 Å². The van der Waals surface area contributed by atoms with Gasteiger partial charge in [-0.05, 0) is 104 Å². The molecule has 3 heterocycles. The summed E-state index contributed by atoms with van der Waals surface area (Å²) < 4.78 is 41.6. The zero-order valence-electron chi connectivity index (χ0n) is 36.7. The number of benzene rings is 7. The summed E-state index contributed by atoms with van der Waals surface area (Å²) in [7, 11) is 0. The maximum atomic E-state index is 14.0. The topological polar surface area (TPSA) is 38.7 Å². The number of nitrogens with zero attached hydrogens (tertiary/aromatic N) is 3. The van der Waals surface area contributed by atoms with E-state index in [0.717, 1.165) is 92.6 Å². The van der Waals surface area contributed by atoms with E-state index in [1.54, 1.807) is 18.2 Å². The van der Waals surface area contributed by atoms with Gasteiger partial charge in [-0.15, -0.1) is 89.5 Å². The zero-order chi connectivity index (χ0) is 45.5. The molecule has 7 heteroatoms. The Morgan fingerprint density at radius 2 is 0.882 bits per heavy atom. The van der Waals surface area contributed by atoms with E-state index in [0.29, 0.717) is 22.5 Å². The minimum atomic E-state index is -0.350. The molecule has 0 radical (unpaired) electrons. The van der Waals surface area contributed by atoms with E-state index in [1.807, 2.05) is 48.9 Å². The second-order valence-electron chi connectivity index (χ2n) is 16.5. The van der Waals surface area contributed by atoms with Crippen LogP contribution in [-0.4, -0.2) is 15.0 Å². The van der Waals surface area contributed by atoms with Crippen LogP contribution >= 0.6 is 0 Å². The van der Waals surface area contributed by atoms with Gasteiger partial charge in [0.1, 0.15) is 0 Å². The number of halogens is 3. The van der Waals surface area contributed by atoms with Crippen LogP contribution in [-0.2, 0) is 45.8 Å². The first-order valence-corrected chi connectivity index (χ1v) is 22.2. The molecule has 68 heavy (non-hydrogen) atoms. The number of aromatic nitrogens is 3. The molecule has 10 rings (SSSR count). The first kappa shape index (κ1) is 45.6. The minimum Gasteiger partial charge on any atom is -0.304 e. The number of hydrogen-bond donors (Lipinski definition) is 0. The smallest absolute Gasteiger partial charge is 0.304 e. The van der Waals surface area contributed by atoms with Crippen LogP contribution in [0.3, 0.4) is 0 Å². The van der Waals surface area contributed by atoms with Gasteiger partial charge in [0.15, 0.2) is 0 Å². The summed E-state index contributed by atoms with van der Waals surface area (Å²) in [6.07, 6.45) is 8.74. The standard InChI is InChI=1S/C61H41F3N3.Ir/c62-52-27-23-48(24-28-52)59-31-17-41(38-65-59)13-15-43-33-44(16-14-42-18-32-60(66-39-42)50-9-6-10-54(64)36-50)35-51(34-43)55-11-4-5-12-56(55)58-40-67-61(49-25-29-53(63)30-26-49)37-57(58)47-21-19-46(20-22-47)45-7-2-1-3-8-45;/h1-8,10-12,17-23,25,27-40H,13-16H2;/q-3;+3. The molecule has 0 N–H and O–H groups in total. The Morgan fingerprint density at radius 1 is 0.338 bits per heavy atom. The molecule has 0 atom stereocenters. The van der Waals surface area contributed by atoms with Crippen molar-refractivity contribution in [1.82, 2.24) is 15.0 Å². The summed E-state index contributed by atoms with van der Waals surface area (Å²) in [4.78, 5) is 14.3. The molecule has 0 aliphatic carbocycles. The van der Waals surface area contributed by atoms with E-state index in [-0.39, 0.29) is 37.6 Å². The second kappa shape index (κ2) is 20.9.